The zero-order valence-electron chi connectivity index (χ0n) is 17.3. The van der Waals surface area contributed by atoms with Crippen LogP contribution in [0.5, 0.6) is 0 Å². The fourth-order valence-electron chi connectivity index (χ4n) is 4.24. The highest BCUT2D eigenvalue weighted by Gasteiger charge is 2.19. The van der Waals surface area contributed by atoms with E-state index < -0.39 is 0 Å². The summed E-state index contributed by atoms with van der Waals surface area (Å²) in [6, 6.07) is 15.1. The Balaban J connectivity index is 1.52. The third-order valence-corrected chi connectivity index (χ3v) is 5.93. The number of carbonyl (C=O) groups is 2. The summed E-state index contributed by atoms with van der Waals surface area (Å²) in [5.41, 5.74) is 2.37. The molecule has 154 valence electrons. The van der Waals surface area contributed by atoms with Crippen molar-refractivity contribution < 1.29 is 9.59 Å². The van der Waals surface area contributed by atoms with Crippen molar-refractivity contribution in [1.29, 1.82) is 0 Å². The average Bonchev–Trinajstić information content (AvgIpc) is 2.79. The Morgan fingerprint density at radius 1 is 0.933 bits per heavy atom. The van der Waals surface area contributed by atoms with Crippen LogP contribution in [0.1, 0.15) is 58.5 Å². The van der Waals surface area contributed by atoms with Gasteiger partial charge in [-0.3, -0.25) is 9.59 Å². The number of nitrogens with zero attached hydrogens (tertiary/aromatic N) is 1. The van der Waals surface area contributed by atoms with Crippen LogP contribution >= 0.6 is 0 Å². The average molecular weight is 402 g/mol. The van der Waals surface area contributed by atoms with E-state index in [4.69, 9.17) is 0 Å². The zero-order valence-corrected chi connectivity index (χ0v) is 17.3. The third kappa shape index (κ3) is 4.35. The number of aryl methyl sites for hydroxylation is 1. The number of fused-ring (bicyclic) bond motifs is 1. The van der Waals surface area contributed by atoms with Crippen molar-refractivity contribution in [2.75, 3.05) is 11.9 Å². The number of carbonyl (C=O) groups excluding carboxylic acids is 2. The van der Waals surface area contributed by atoms with Crippen molar-refractivity contribution in [3.63, 3.8) is 0 Å². The summed E-state index contributed by atoms with van der Waals surface area (Å²) in [4.78, 5) is 30.0. The van der Waals surface area contributed by atoms with Gasteiger partial charge >= 0.3 is 0 Å². The van der Waals surface area contributed by atoms with Gasteiger partial charge in [0.25, 0.3) is 11.8 Å². The van der Waals surface area contributed by atoms with Gasteiger partial charge in [-0.05, 0) is 60.2 Å². The molecule has 0 atom stereocenters. The van der Waals surface area contributed by atoms with E-state index in [0.717, 1.165) is 29.2 Å². The van der Waals surface area contributed by atoms with Crippen molar-refractivity contribution in [2.24, 2.45) is 5.92 Å². The van der Waals surface area contributed by atoms with E-state index in [1.165, 1.54) is 19.3 Å². The van der Waals surface area contributed by atoms with Crippen molar-refractivity contribution in [1.82, 2.24) is 10.3 Å². The molecule has 1 heterocycles. The lowest BCUT2D eigenvalue weighted by Gasteiger charge is -2.21. The van der Waals surface area contributed by atoms with Gasteiger partial charge in [-0.1, -0.05) is 49.6 Å². The minimum Gasteiger partial charge on any atom is -0.350 e. The molecule has 5 heteroatoms. The molecule has 0 radical (unpaired) electrons. The SMILES string of the molecule is Cc1ccc(C(=O)Nc2cccnc2C(=O)NCC2CCCCC2)c2ccccc12. The summed E-state index contributed by atoms with van der Waals surface area (Å²) in [6.45, 7) is 2.69. The molecule has 0 saturated heterocycles. The molecular weight excluding hydrogens is 374 g/mol. The van der Waals surface area contributed by atoms with Crippen LogP contribution in [0.25, 0.3) is 10.8 Å². The number of amides is 2. The molecule has 5 nitrogen and oxygen atoms in total. The van der Waals surface area contributed by atoms with E-state index in [1.807, 2.05) is 43.3 Å². The van der Waals surface area contributed by atoms with Crippen LogP contribution in [0.3, 0.4) is 0 Å². The molecule has 2 amide bonds. The van der Waals surface area contributed by atoms with E-state index >= 15 is 0 Å². The van der Waals surface area contributed by atoms with Crippen molar-refractivity contribution in [3.8, 4) is 0 Å². The second-order valence-corrected chi connectivity index (χ2v) is 8.04. The van der Waals surface area contributed by atoms with Gasteiger partial charge < -0.3 is 10.6 Å². The Kier molecular flexibility index (Phi) is 6.07. The van der Waals surface area contributed by atoms with Crippen LogP contribution in [0.4, 0.5) is 5.69 Å². The van der Waals surface area contributed by atoms with Crippen LogP contribution in [-0.2, 0) is 0 Å². The molecule has 4 rings (SSSR count). The monoisotopic (exact) mass is 401 g/mol. The predicted octanol–water partition coefficient (Wildman–Crippen LogP) is 5.11. The van der Waals surface area contributed by atoms with Crippen LogP contribution in [0.2, 0.25) is 0 Å². The van der Waals surface area contributed by atoms with E-state index in [0.29, 0.717) is 23.7 Å². The van der Waals surface area contributed by atoms with Gasteiger partial charge in [-0.2, -0.15) is 0 Å². The summed E-state index contributed by atoms with van der Waals surface area (Å²) >= 11 is 0. The largest absolute Gasteiger partial charge is 0.350 e. The lowest BCUT2D eigenvalue weighted by Crippen LogP contribution is -2.31. The van der Waals surface area contributed by atoms with E-state index in [-0.39, 0.29) is 17.5 Å². The lowest BCUT2D eigenvalue weighted by molar-refractivity contribution is 0.0939. The molecule has 0 aliphatic heterocycles. The van der Waals surface area contributed by atoms with E-state index in [9.17, 15) is 9.59 Å². The number of benzene rings is 2. The number of hydrogen-bond donors (Lipinski definition) is 2. The summed E-state index contributed by atoms with van der Waals surface area (Å²) in [5.74, 6) is 0.0362. The number of rotatable bonds is 5. The summed E-state index contributed by atoms with van der Waals surface area (Å²) in [6.07, 6.45) is 7.64. The Hall–Kier alpha value is -3.21. The first-order valence-electron chi connectivity index (χ1n) is 10.7. The summed E-state index contributed by atoms with van der Waals surface area (Å²) < 4.78 is 0. The Morgan fingerprint density at radius 2 is 1.70 bits per heavy atom. The topological polar surface area (TPSA) is 71.1 Å². The summed E-state index contributed by atoms with van der Waals surface area (Å²) in [5, 5.41) is 7.84. The Morgan fingerprint density at radius 3 is 2.50 bits per heavy atom. The van der Waals surface area contributed by atoms with E-state index in [1.54, 1.807) is 18.3 Å². The summed E-state index contributed by atoms with van der Waals surface area (Å²) in [7, 11) is 0. The molecule has 0 unspecified atom stereocenters. The maximum atomic E-state index is 13.0. The van der Waals surface area contributed by atoms with E-state index in [2.05, 4.69) is 15.6 Å². The minimum atomic E-state index is -0.250. The first kappa shape index (κ1) is 20.1. The number of pyridine rings is 1. The zero-order chi connectivity index (χ0) is 20.9. The quantitative estimate of drug-likeness (QED) is 0.624. The second kappa shape index (κ2) is 9.08. The molecule has 0 bridgehead atoms. The van der Waals surface area contributed by atoms with Crippen molar-refractivity contribution >= 4 is 28.3 Å². The smallest absolute Gasteiger partial charge is 0.272 e. The number of nitrogens with one attached hydrogen (secondary N) is 2. The fraction of sp³-hybridized carbons (Fsp3) is 0.320. The van der Waals surface area contributed by atoms with Crippen molar-refractivity contribution in [2.45, 2.75) is 39.0 Å². The molecular formula is C25H27N3O2. The van der Waals surface area contributed by atoms with Gasteiger partial charge in [0.1, 0.15) is 0 Å². The van der Waals surface area contributed by atoms with Crippen LogP contribution < -0.4 is 10.6 Å². The highest BCUT2D eigenvalue weighted by molar-refractivity contribution is 6.14. The van der Waals surface area contributed by atoms with Crippen molar-refractivity contribution in [3.05, 3.63) is 71.5 Å². The molecule has 1 fully saturated rings. The highest BCUT2D eigenvalue weighted by atomic mass is 16.2. The molecule has 30 heavy (non-hydrogen) atoms. The molecule has 0 spiro atoms. The normalized spacial score (nSPS) is 14.4. The molecule has 1 aliphatic carbocycles. The predicted molar refractivity (Wildman–Crippen MR) is 120 cm³/mol. The third-order valence-electron chi connectivity index (χ3n) is 5.93. The molecule has 1 aromatic heterocycles. The van der Waals surface area contributed by atoms with Gasteiger partial charge in [-0.15, -0.1) is 0 Å². The Bertz CT molecular complexity index is 1070. The maximum absolute atomic E-state index is 13.0. The van der Waals surface area contributed by atoms with Crippen LogP contribution in [0, 0.1) is 12.8 Å². The molecule has 2 N–H and O–H groups in total. The maximum Gasteiger partial charge on any atom is 0.272 e. The standard InChI is InChI=1S/C25H27N3O2/c1-17-13-14-21(20-11-6-5-10-19(17)20)24(29)28-22-12-7-15-26-23(22)25(30)27-16-18-8-3-2-4-9-18/h5-7,10-15,18H,2-4,8-9,16H2,1H3,(H,27,30)(H,28,29). The first-order valence-corrected chi connectivity index (χ1v) is 10.7. The molecule has 2 aromatic carbocycles. The van der Waals surface area contributed by atoms with Crippen LogP contribution in [0.15, 0.2) is 54.7 Å². The molecule has 3 aromatic rings. The van der Waals surface area contributed by atoms with Crippen LogP contribution in [-0.4, -0.2) is 23.3 Å². The lowest BCUT2D eigenvalue weighted by atomic mass is 9.89. The van der Waals surface area contributed by atoms with Gasteiger partial charge in [0, 0.05) is 18.3 Å². The number of hydrogen-bond acceptors (Lipinski definition) is 3. The number of anilines is 1. The highest BCUT2D eigenvalue weighted by Crippen LogP contribution is 2.25. The number of aromatic nitrogens is 1. The minimum absolute atomic E-state index is 0.245. The molecule has 1 saturated carbocycles. The van der Waals surface area contributed by atoms with Gasteiger partial charge in [-0.25, -0.2) is 4.98 Å². The van der Waals surface area contributed by atoms with Gasteiger partial charge in [0.05, 0.1) is 5.69 Å². The fourth-order valence-corrected chi connectivity index (χ4v) is 4.24. The van der Waals surface area contributed by atoms with Gasteiger partial charge in [0.2, 0.25) is 0 Å². The van der Waals surface area contributed by atoms with Gasteiger partial charge in [0.15, 0.2) is 5.69 Å². The Labute approximate surface area is 176 Å². The second-order valence-electron chi connectivity index (χ2n) is 8.04. The molecule has 1 aliphatic rings. The first-order chi connectivity index (χ1) is 14.6.